The Kier molecular flexibility index (Phi) is 2.54. The standard InChI is InChI=1S/C8H10N6O2/c1-14-5(3-4-9-14)6(15)10-7-11-8(16-2)13-12-7/h3-4H,1-2H3,(H2,10,11,12,13,15). The molecule has 16 heavy (non-hydrogen) atoms. The molecule has 0 aliphatic heterocycles. The van der Waals surface area contributed by atoms with E-state index >= 15 is 0 Å². The van der Waals surface area contributed by atoms with Crippen molar-refractivity contribution in [1.82, 2.24) is 25.0 Å². The largest absolute Gasteiger partial charge is 0.466 e. The Morgan fingerprint density at radius 1 is 1.62 bits per heavy atom. The maximum Gasteiger partial charge on any atom is 0.336 e. The first-order chi connectivity index (χ1) is 7.70. The second-order valence-corrected chi connectivity index (χ2v) is 2.96. The van der Waals surface area contributed by atoms with Crippen LogP contribution in [0.25, 0.3) is 0 Å². The SMILES string of the molecule is COc1n[nH]c(NC(=O)c2ccnn2C)n1. The summed E-state index contributed by atoms with van der Waals surface area (Å²) in [5.41, 5.74) is 0.426. The van der Waals surface area contributed by atoms with E-state index in [1.54, 1.807) is 13.1 Å². The molecule has 0 bridgehead atoms. The quantitative estimate of drug-likeness (QED) is 0.749. The average molecular weight is 222 g/mol. The van der Waals surface area contributed by atoms with Gasteiger partial charge >= 0.3 is 6.01 Å². The molecule has 0 radical (unpaired) electrons. The molecule has 0 aliphatic carbocycles. The lowest BCUT2D eigenvalue weighted by molar-refractivity contribution is 0.101. The van der Waals surface area contributed by atoms with Gasteiger partial charge in [-0.1, -0.05) is 0 Å². The normalized spacial score (nSPS) is 10.1. The number of hydrogen-bond acceptors (Lipinski definition) is 5. The van der Waals surface area contributed by atoms with Crippen molar-refractivity contribution in [1.29, 1.82) is 0 Å². The Labute approximate surface area is 90.6 Å². The summed E-state index contributed by atoms with van der Waals surface area (Å²) in [7, 11) is 3.12. The van der Waals surface area contributed by atoms with Crippen LogP contribution < -0.4 is 10.1 Å². The molecule has 0 spiro atoms. The highest BCUT2D eigenvalue weighted by Crippen LogP contribution is 2.06. The van der Waals surface area contributed by atoms with Gasteiger partial charge in [0.1, 0.15) is 5.69 Å². The van der Waals surface area contributed by atoms with E-state index in [-0.39, 0.29) is 17.9 Å². The third-order valence-electron chi connectivity index (χ3n) is 1.93. The summed E-state index contributed by atoms with van der Waals surface area (Å²) in [6, 6.07) is 1.77. The summed E-state index contributed by atoms with van der Waals surface area (Å²) in [6.07, 6.45) is 1.54. The fourth-order valence-electron chi connectivity index (χ4n) is 1.16. The second kappa shape index (κ2) is 4.01. The molecular weight excluding hydrogens is 212 g/mol. The van der Waals surface area contributed by atoms with Crippen molar-refractivity contribution in [3.63, 3.8) is 0 Å². The fraction of sp³-hybridized carbons (Fsp3) is 0.250. The Morgan fingerprint density at radius 2 is 2.44 bits per heavy atom. The number of anilines is 1. The van der Waals surface area contributed by atoms with Gasteiger partial charge in [-0.2, -0.15) is 10.1 Å². The van der Waals surface area contributed by atoms with E-state index in [9.17, 15) is 4.79 Å². The summed E-state index contributed by atoms with van der Waals surface area (Å²) >= 11 is 0. The van der Waals surface area contributed by atoms with Gasteiger partial charge in [0.15, 0.2) is 0 Å². The molecule has 84 valence electrons. The van der Waals surface area contributed by atoms with Crippen LogP contribution in [-0.4, -0.2) is 38.0 Å². The van der Waals surface area contributed by atoms with E-state index in [1.807, 2.05) is 0 Å². The van der Waals surface area contributed by atoms with Crippen LogP contribution in [0.1, 0.15) is 10.5 Å². The van der Waals surface area contributed by atoms with E-state index < -0.39 is 0 Å². The highest BCUT2D eigenvalue weighted by atomic mass is 16.5. The molecule has 8 heteroatoms. The smallest absolute Gasteiger partial charge is 0.336 e. The zero-order valence-electron chi connectivity index (χ0n) is 8.76. The highest BCUT2D eigenvalue weighted by molar-refractivity contribution is 6.01. The molecule has 0 saturated heterocycles. The number of H-pyrrole nitrogens is 1. The van der Waals surface area contributed by atoms with Gasteiger partial charge in [0.2, 0.25) is 5.95 Å². The molecule has 2 aromatic heterocycles. The van der Waals surface area contributed by atoms with Crippen molar-refractivity contribution < 1.29 is 9.53 Å². The lowest BCUT2D eigenvalue weighted by atomic mass is 10.4. The van der Waals surface area contributed by atoms with Gasteiger partial charge in [0.05, 0.1) is 7.11 Å². The monoisotopic (exact) mass is 222 g/mol. The van der Waals surface area contributed by atoms with Crippen LogP contribution in [0, 0.1) is 0 Å². The van der Waals surface area contributed by atoms with Crippen LogP contribution in [0.2, 0.25) is 0 Å². The Balaban J connectivity index is 2.11. The molecular formula is C8H10N6O2. The maximum atomic E-state index is 11.7. The Bertz CT molecular complexity index is 502. The maximum absolute atomic E-state index is 11.7. The van der Waals surface area contributed by atoms with E-state index in [1.165, 1.54) is 18.0 Å². The van der Waals surface area contributed by atoms with Gasteiger partial charge in [-0.05, 0) is 6.07 Å². The number of nitrogens with zero attached hydrogens (tertiary/aromatic N) is 4. The molecule has 0 saturated carbocycles. The summed E-state index contributed by atoms with van der Waals surface area (Å²) in [4.78, 5) is 15.6. The zero-order valence-corrected chi connectivity index (χ0v) is 8.76. The van der Waals surface area contributed by atoms with Crippen molar-refractivity contribution in [3.8, 4) is 6.01 Å². The minimum absolute atomic E-state index is 0.167. The highest BCUT2D eigenvalue weighted by Gasteiger charge is 2.12. The number of carbonyl (C=O) groups excluding carboxylic acids is 1. The summed E-state index contributed by atoms with van der Waals surface area (Å²) in [6.45, 7) is 0. The van der Waals surface area contributed by atoms with Gasteiger partial charge < -0.3 is 4.74 Å². The fourth-order valence-corrected chi connectivity index (χ4v) is 1.16. The molecule has 0 aliphatic rings. The molecule has 0 aromatic carbocycles. The van der Waals surface area contributed by atoms with Crippen molar-refractivity contribution in [2.24, 2.45) is 7.05 Å². The first-order valence-corrected chi connectivity index (χ1v) is 4.46. The average Bonchev–Trinajstić information content (AvgIpc) is 2.86. The number of methoxy groups -OCH3 is 1. The number of carbonyl (C=O) groups is 1. The minimum atomic E-state index is -0.321. The third kappa shape index (κ3) is 1.85. The first-order valence-electron chi connectivity index (χ1n) is 4.46. The molecule has 0 fully saturated rings. The van der Waals surface area contributed by atoms with Crippen molar-refractivity contribution in [2.75, 3.05) is 12.4 Å². The lowest BCUT2D eigenvalue weighted by Gasteiger charge is -2.00. The second-order valence-electron chi connectivity index (χ2n) is 2.96. The van der Waals surface area contributed by atoms with Crippen LogP contribution in [0.3, 0.4) is 0 Å². The minimum Gasteiger partial charge on any atom is -0.466 e. The Hall–Kier alpha value is -2.38. The topological polar surface area (TPSA) is 97.7 Å². The first kappa shape index (κ1) is 10.1. The summed E-state index contributed by atoms with van der Waals surface area (Å²) in [5, 5.41) is 12.6. The number of rotatable bonds is 3. The van der Waals surface area contributed by atoms with E-state index in [2.05, 4.69) is 25.6 Å². The number of aromatic nitrogens is 5. The molecule has 0 atom stereocenters. The van der Waals surface area contributed by atoms with E-state index in [0.29, 0.717) is 5.69 Å². The summed E-state index contributed by atoms with van der Waals surface area (Å²) < 4.78 is 6.23. The van der Waals surface area contributed by atoms with E-state index in [0.717, 1.165) is 0 Å². The zero-order chi connectivity index (χ0) is 11.5. The van der Waals surface area contributed by atoms with Gasteiger partial charge in [-0.3, -0.25) is 14.8 Å². The predicted molar refractivity (Wildman–Crippen MR) is 54.1 cm³/mol. The predicted octanol–water partition coefficient (Wildman–Crippen LogP) is -0.201. The molecule has 2 heterocycles. The summed E-state index contributed by atoms with van der Waals surface area (Å²) in [5.74, 6) is -0.0955. The number of ether oxygens (including phenoxy) is 1. The molecule has 2 aromatic rings. The molecule has 1 amide bonds. The van der Waals surface area contributed by atoms with Crippen LogP contribution in [0.4, 0.5) is 5.95 Å². The van der Waals surface area contributed by atoms with E-state index in [4.69, 9.17) is 4.74 Å². The third-order valence-corrected chi connectivity index (χ3v) is 1.93. The Morgan fingerprint density at radius 3 is 3.00 bits per heavy atom. The van der Waals surface area contributed by atoms with Crippen LogP contribution in [-0.2, 0) is 7.05 Å². The van der Waals surface area contributed by atoms with Gasteiger partial charge in [-0.15, -0.1) is 5.10 Å². The van der Waals surface area contributed by atoms with Gasteiger partial charge in [0, 0.05) is 13.2 Å². The number of amides is 1. The van der Waals surface area contributed by atoms with Crippen molar-refractivity contribution >= 4 is 11.9 Å². The van der Waals surface area contributed by atoms with Crippen molar-refractivity contribution in [2.45, 2.75) is 0 Å². The van der Waals surface area contributed by atoms with Crippen LogP contribution in [0.5, 0.6) is 6.01 Å². The number of nitrogens with one attached hydrogen (secondary N) is 2. The lowest BCUT2D eigenvalue weighted by Crippen LogP contribution is -2.16. The molecule has 8 nitrogen and oxygen atoms in total. The number of aryl methyl sites for hydroxylation is 1. The van der Waals surface area contributed by atoms with Crippen LogP contribution in [0.15, 0.2) is 12.3 Å². The molecule has 2 rings (SSSR count). The van der Waals surface area contributed by atoms with Crippen molar-refractivity contribution in [3.05, 3.63) is 18.0 Å². The molecule has 2 N–H and O–H groups in total. The number of aromatic amines is 1. The van der Waals surface area contributed by atoms with Gasteiger partial charge in [-0.25, -0.2) is 5.10 Å². The van der Waals surface area contributed by atoms with Gasteiger partial charge in [0.25, 0.3) is 5.91 Å². The van der Waals surface area contributed by atoms with Crippen LogP contribution >= 0.6 is 0 Å². The molecule has 0 unspecified atom stereocenters. The number of hydrogen-bond donors (Lipinski definition) is 2.